The van der Waals surface area contributed by atoms with Gasteiger partial charge in [0.15, 0.2) is 0 Å². The average Bonchev–Trinajstić information content (AvgIpc) is 2.66. The van der Waals surface area contributed by atoms with Crippen molar-refractivity contribution in [3.05, 3.63) is 65.9 Å². The lowest BCUT2D eigenvalue weighted by Crippen LogP contribution is -2.15. The van der Waals surface area contributed by atoms with Gasteiger partial charge in [-0.05, 0) is 30.5 Å². The van der Waals surface area contributed by atoms with Crippen LogP contribution in [0, 0.1) is 0 Å². The number of carbonyl (C=O) groups is 1. The number of pyridine rings is 1. The number of methoxy groups -OCH3 is 1. The van der Waals surface area contributed by atoms with Crippen molar-refractivity contribution in [2.75, 3.05) is 19.0 Å². The number of para-hydroxylation sites is 1. The Morgan fingerprint density at radius 3 is 2.68 bits per heavy atom. The van der Waals surface area contributed by atoms with E-state index >= 15 is 0 Å². The van der Waals surface area contributed by atoms with E-state index in [4.69, 9.17) is 9.47 Å². The van der Waals surface area contributed by atoms with Crippen LogP contribution in [0.5, 0.6) is 5.88 Å². The summed E-state index contributed by atoms with van der Waals surface area (Å²) in [6, 6.07) is 17.0. The summed E-state index contributed by atoms with van der Waals surface area (Å²) in [4.78, 5) is 17.0. The highest BCUT2D eigenvalue weighted by Crippen LogP contribution is 2.25. The number of amides is 1. The number of benzene rings is 2. The Labute approximate surface area is 146 Å². The molecule has 0 aliphatic carbocycles. The first-order chi connectivity index (χ1) is 12.2. The van der Waals surface area contributed by atoms with Gasteiger partial charge in [0.2, 0.25) is 5.88 Å². The van der Waals surface area contributed by atoms with Gasteiger partial charge in [-0.25, -0.2) is 4.98 Å². The molecule has 1 aromatic heterocycles. The maximum Gasteiger partial charge on any atom is 0.274 e. The molecule has 5 heteroatoms. The molecule has 25 heavy (non-hydrogen) atoms. The van der Waals surface area contributed by atoms with Crippen molar-refractivity contribution in [3.8, 4) is 5.88 Å². The number of fused-ring (bicyclic) bond motifs is 1. The summed E-state index contributed by atoms with van der Waals surface area (Å²) in [5.41, 5.74) is 1.95. The lowest BCUT2D eigenvalue weighted by atomic mass is 10.1. The summed E-state index contributed by atoms with van der Waals surface area (Å²) < 4.78 is 10.8. The van der Waals surface area contributed by atoms with Crippen LogP contribution in [-0.4, -0.2) is 24.6 Å². The molecular weight excluding hydrogens is 316 g/mol. The van der Waals surface area contributed by atoms with Crippen LogP contribution in [-0.2, 0) is 11.3 Å². The summed E-state index contributed by atoms with van der Waals surface area (Å²) in [5.74, 6) is 0.152. The molecule has 128 valence electrons. The van der Waals surface area contributed by atoms with Gasteiger partial charge in [0, 0.05) is 23.2 Å². The van der Waals surface area contributed by atoms with Gasteiger partial charge in [0.25, 0.3) is 5.91 Å². The van der Waals surface area contributed by atoms with Crippen LogP contribution in [0.3, 0.4) is 0 Å². The Morgan fingerprint density at radius 1 is 1.12 bits per heavy atom. The molecule has 3 aromatic rings. The predicted octanol–water partition coefficient (Wildman–Crippen LogP) is 4.03. The van der Waals surface area contributed by atoms with E-state index in [0.29, 0.717) is 24.8 Å². The molecule has 0 atom stereocenters. The van der Waals surface area contributed by atoms with E-state index in [9.17, 15) is 4.79 Å². The van der Waals surface area contributed by atoms with E-state index in [-0.39, 0.29) is 5.91 Å². The van der Waals surface area contributed by atoms with E-state index in [1.54, 1.807) is 13.2 Å². The quantitative estimate of drug-likeness (QED) is 0.738. The van der Waals surface area contributed by atoms with Crippen molar-refractivity contribution >= 4 is 22.4 Å². The van der Waals surface area contributed by atoms with Gasteiger partial charge in [-0.15, -0.1) is 0 Å². The third-order valence-corrected chi connectivity index (χ3v) is 3.86. The number of nitrogens with zero attached hydrogens (tertiary/aromatic N) is 1. The van der Waals surface area contributed by atoms with Crippen LogP contribution in [0.2, 0.25) is 0 Å². The fraction of sp³-hybridized carbons (Fsp3) is 0.200. The van der Waals surface area contributed by atoms with Gasteiger partial charge in [-0.2, -0.15) is 0 Å². The lowest BCUT2D eigenvalue weighted by Gasteiger charge is -2.12. The van der Waals surface area contributed by atoms with Crippen molar-refractivity contribution in [3.63, 3.8) is 0 Å². The highest BCUT2D eigenvalue weighted by atomic mass is 16.5. The first kappa shape index (κ1) is 16.9. The van der Waals surface area contributed by atoms with Crippen molar-refractivity contribution in [2.45, 2.75) is 13.5 Å². The number of rotatable bonds is 6. The minimum Gasteiger partial charge on any atom is -0.481 e. The highest BCUT2D eigenvalue weighted by Gasteiger charge is 2.14. The van der Waals surface area contributed by atoms with Crippen molar-refractivity contribution in [2.24, 2.45) is 0 Å². The number of carbonyl (C=O) groups excluding carboxylic acids is 1. The number of ether oxygens (including phenoxy) is 2. The summed E-state index contributed by atoms with van der Waals surface area (Å²) in [7, 11) is 1.55. The fourth-order valence-corrected chi connectivity index (χ4v) is 2.61. The van der Waals surface area contributed by atoms with Gasteiger partial charge < -0.3 is 14.8 Å². The minimum absolute atomic E-state index is 0.284. The molecule has 5 nitrogen and oxygen atoms in total. The van der Waals surface area contributed by atoms with Gasteiger partial charge >= 0.3 is 0 Å². The minimum atomic E-state index is -0.284. The third-order valence-electron chi connectivity index (χ3n) is 3.86. The molecule has 0 radical (unpaired) electrons. The van der Waals surface area contributed by atoms with Crippen LogP contribution in [0.4, 0.5) is 5.69 Å². The number of anilines is 1. The Balaban J connectivity index is 1.90. The van der Waals surface area contributed by atoms with Crippen LogP contribution in [0.25, 0.3) is 10.8 Å². The Kier molecular flexibility index (Phi) is 5.26. The second-order valence-electron chi connectivity index (χ2n) is 5.49. The number of hydrogen-bond donors (Lipinski definition) is 1. The summed E-state index contributed by atoms with van der Waals surface area (Å²) in [6.45, 7) is 3.00. The van der Waals surface area contributed by atoms with E-state index in [0.717, 1.165) is 22.0 Å². The van der Waals surface area contributed by atoms with Crippen LogP contribution >= 0.6 is 0 Å². The molecule has 0 unspecified atom stereocenters. The molecular formula is C20H20N2O3. The predicted molar refractivity (Wildman–Crippen MR) is 98.0 cm³/mol. The van der Waals surface area contributed by atoms with Crippen LogP contribution in [0.15, 0.2) is 54.6 Å². The molecule has 0 saturated heterocycles. The second kappa shape index (κ2) is 7.77. The van der Waals surface area contributed by atoms with E-state index in [1.807, 2.05) is 55.5 Å². The molecule has 0 spiro atoms. The van der Waals surface area contributed by atoms with Gasteiger partial charge in [-0.1, -0.05) is 36.4 Å². The van der Waals surface area contributed by atoms with Gasteiger partial charge in [0.1, 0.15) is 5.69 Å². The standard InChI is InChI=1S/C20H20N2O3/c1-3-25-13-15-9-5-7-11-17(15)21-19(23)18-12-14-8-4-6-10-16(14)20(22-18)24-2/h4-12H,3,13H2,1-2H3,(H,21,23). The molecule has 0 saturated carbocycles. The molecule has 0 aliphatic rings. The smallest absolute Gasteiger partial charge is 0.274 e. The van der Waals surface area contributed by atoms with Crippen molar-refractivity contribution in [1.82, 2.24) is 4.98 Å². The zero-order valence-corrected chi connectivity index (χ0v) is 14.3. The maximum absolute atomic E-state index is 12.7. The second-order valence-corrected chi connectivity index (χ2v) is 5.49. The Morgan fingerprint density at radius 2 is 1.88 bits per heavy atom. The molecule has 2 aromatic carbocycles. The third kappa shape index (κ3) is 3.78. The van der Waals surface area contributed by atoms with Gasteiger partial charge in [-0.3, -0.25) is 4.79 Å². The molecule has 1 amide bonds. The Hall–Kier alpha value is -2.92. The topological polar surface area (TPSA) is 60.5 Å². The van der Waals surface area contributed by atoms with Crippen LogP contribution < -0.4 is 10.1 Å². The van der Waals surface area contributed by atoms with Crippen molar-refractivity contribution < 1.29 is 14.3 Å². The molecule has 0 bridgehead atoms. The molecule has 0 fully saturated rings. The SMILES string of the molecule is CCOCc1ccccc1NC(=O)c1cc2ccccc2c(OC)n1. The van der Waals surface area contributed by atoms with E-state index < -0.39 is 0 Å². The lowest BCUT2D eigenvalue weighted by molar-refractivity contribution is 0.102. The summed E-state index contributed by atoms with van der Waals surface area (Å²) >= 11 is 0. The van der Waals surface area contributed by atoms with Gasteiger partial charge in [0.05, 0.1) is 13.7 Å². The van der Waals surface area contributed by atoms with Crippen LogP contribution in [0.1, 0.15) is 23.0 Å². The summed E-state index contributed by atoms with van der Waals surface area (Å²) in [5, 5.41) is 4.69. The van der Waals surface area contributed by atoms with E-state index in [2.05, 4.69) is 10.3 Å². The number of nitrogens with one attached hydrogen (secondary N) is 1. The molecule has 3 rings (SSSR count). The first-order valence-corrected chi connectivity index (χ1v) is 8.13. The number of aromatic nitrogens is 1. The molecule has 1 heterocycles. The monoisotopic (exact) mass is 336 g/mol. The van der Waals surface area contributed by atoms with Crippen molar-refractivity contribution in [1.29, 1.82) is 0 Å². The average molecular weight is 336 g/mol. The first-order valence-electron chi connectivity index (χ1n) is 8.13. The Bertz CT molecular complexity index is 893. The van der Waals surface area contributed by atoms with E-state index in [1.165, 1.54) is 0 Å². The highest BCUT2D eigenvalue weighted by molar-refractivity contribution is 6.05. The number of hydrogen-bond acceptors (Lipinski definition) is 4. The summed E-state index contributed by atoms with van der Waals surface area (Å²) in [6.07, 6.45) is 0. The fourth-order valence-electron chi connectivity index (χ4n) is 2.61. The molecule has 1 N–H and O–H groups in total. The normalized spacial score (nSPS) is 10.6. The maximum atomic E-state index is 12.7. The zero-order chi connectivity index (χ0) is 17.6. The zero-order valence-electron chi connectivity index (χ0n) is 14.3. The largest absolute Gasteiger partial charge is 0.481 e. The molecule has 0 aliphatic heterocycles.